The zero-order valence-corrected chi connectivity index (χ0v) is 23.2. The minimum Gasteiger partial charge on any atom is -0.394 e. The summed E-state index contributed by atoms with van der Waals surface area (Å²) in [6.07, 6.45) is 2.94. The summed E-state index contributed by atoms with van der Waals surface area (Å²) >= 11 is 6.43. The lowest BCUT2D eigenvalue weighted by molar-refractivity contribution is -0.149. The van der Waals surface area contributed by atoms with Crippen LogP contribution >= 0.6 is 11.6 Å². The van der Waals surface area contributed by atoms with E-state index in [9.17, 15) is 19.5 Å². The van der Waals surface area contributed by atoms with E-state index in [1.54, 1.807) is 6.07 Å². The number of rotatable bonds is 10. The number of nitrogens with one attached hydrogen (secondary N) is 2. The van der Waals surface area contributed by atoms with E-state index in [0.717, 1.165) is 12.0 Å². The van der Waals surface area contributed by atoms with Crippen molar-refractivity contribution in [3.05, 3.63) is 28.8 Å². The Labute approximate surface area is 224 Å². The van der Waals surface area contributed by atoms with Crippen molar-refractivity contribution in [1.29, 1.82) is 0 Å². The molecule has 3 fully saturated rings. The van der Waals surface area contributed by atoms with Crippen molar-refractivity contribution in [2.24, 2.45) is 17.8 Å². The summed E-state index contributed by atoms with van der Waals surface area (Å²) in [4.78, 5) is 43.4. The Balaban J connectivity index is 1.81. The highest BCUT2D eigenvalue weighted by atomic mass is 35.5. The molecule has 0 radical (unpaired) electrons. The summed E-state index contributed by atoms with van der Waals surface area (Å²) in [7, 11) is 0. The van der Waals surface area contributed by atoms with Crippen LogP contribution in [-0.2, 0) is 19.1 Å². The summed E-state index contributed by atoms with van der Waals surface area (Å²) in [5.41, 5.74) is -0.660. The maximum Gasteiger partial charge on any atom is 0.250 e. The molecule has 8 nitrogen and oxygen atoms in total. The Hall–Kier alpha value is -2.16. The number of halogens is 1. The third kappa shape index (κ3) is 4.45. The quantitative estimate of drug-likeness (QED) is 0.425. The molecule has 1 aromatic carbocycles. The van der Waals surface area contributed by atoms with E-state index in [4.69, 9.17) is 16.3 Å². The molecule has 0 aliphatic carbocycles. The van der Waals surface area contributed by atoms with E-state index in [2.05, 4.69) is 10.6 Å². The molecule has 37 heavy (non-hydrogen) atoms. The Morgan fingerprint density at radius 1 is 1.24 bits per heavy atom. The van der Waals surface area contributed by atoms with Crippen LogP contribution in [0.15, 0.2) is 18.2 Å². The number of carbonyl (C=O) groups is 3. The molecule has 3 N–H and O–H groups in total. The molecule has 9 heteroatoms. The summed E-state index contributed by atoms with van der Waals surface area (Å²) in [5, 5.41) is 16.7. The van der Waals surface area contributed by atoms with E-state index in [1.807, 2.05) is 46.8 Å². The van der Waals surface area contributed by atoms with Gasteiger partial charge in [-0.2, -0.15) is 0 Å². The van der Waals surface area contributed by atoms with Crippen LogP contribution in [0.2, 0.25) is 5.02 Å². The topological polar surface area (TPSA) is 108 Å². The molecule has 1 spiro atoms. The lowest BCUT2D eigenvalue weighted by Crippen LogP contribution is -2.56. The van der Waals surface area contributed by atoms with Crippen LogP contribution < -0.4 is 10.6 Å². The second-order valence-electron chi connectivity index (χ2n) is 11.3. The van der Waals surface area contributed by atoms with Gasteiger partial charge in [0.2, 0.25) is 17.7 Å². The van der Waals surface area contributed by atoms with Gasteiger partial charge in [-0.15, -0.1) is 0 Å². The summed E-state index contributed by atoms with van der Waals surface area (Å²) in [5.74, 6) is -2.19. The van der Waals surface area contributed by atoms with Gasteiger partial charge in [0.15, 0.2) is 0 Å². The Morgan fingerprint density at radius 3 is 2.57 bits per heavy atom. The highest BCUT2D eigenvalue weighted by molar-refractivity contribution is 6.34. The summed E-state index contributed by atoms with van der Waals surface area (Å²) in [6.45, 7) is 10.1. The van der Waals surface area contributed by atoms with Crippen molar-refractivity contribution in [3.8, 4) is 0 Å². The molecule has 3 saturated heterocycles. The van der Waals surface area contributed by atoms with Gasteiger partial charge in [-0.25, -0.2) is 0 Å². The first-order valence-electron chi connectivity index (χ1n) is 13.5. The number of fused-ring (bicyclic) bond motifs is 1. The number of ether oxygens (including phenoxy) is 1. The van der Waals surface area contributed by atoms with Crippen LogP contribution in [0.5, 0.6) is 0 Å². The van der Waals surface area contributed by atoms with Crippen molar-refractivity contribution in [2.75, 3.05) is 18.5 Å². The van der Waals surface area contributed by atoms with Gasteiger partial charge in [0.25, 0.3) is 0 Å². The fourth-order valence-corrected chi connectivity index (χ4v) is 7.18. The standard InChI is InChI=1S/C28H40ClN3O5/c1-6-13-30-24(34)20-21-26(36)32(18(15-33)14-16(3)4)23(28(21)12-11-27(20,7-2)37-28)25(35)31-22-17(5)9-8-10-19(22)29/h8-10,16,18,20-21,23,33H,6-7,11-15H2,1-5H3,(H,30,34)(H,31,35)/t18-,20+,21+,23?,27-,28?/m1/s1. The monoisotopic (exact) mass is 533 g/mol. The zero-order valence-electron chi connectivity index (χ0n) is 22.5. The molecule has 3 amide bonds. The molecule has 2 unspecified atom stereocenters. The Bertz CT molecular complexity index is 1040. The van der Waals surface area contributed by atoms with Gasteiger partial charge in [-0.05, 0) is 56.6 Å². The molecule has 1 aromatic rings. The van der Waals surface area contributed by atoms with Crippen LogP contribution in [0.1, 0.15) is 65.4 Å². The molecule has 4 rings (SSSR count). The average Bonchev–Trinajstić information content (AvgIpc) is 3.47. The second kappa shape index (κ2) is 10.5. The molecule has 6 atom stereocenters. The van der Waals surface area contributed by atoms with Gasteiger partial charge >= 0.3 is 0 Å². The number of para-hydroxylation sites is 1. The first-order valence-corrected chi connectivity index (χ1v) is 13.9. The Kier molecular flexibility index (Phi) is 7.94. The van der Waals surface area contributed by atoms with Crippen molar-refractivity contribution >= 4 is 35.0 Å². The van der Waals surface area contributed by atoms with Gasteiger partial charge in [-0.3, -0.25) is 14.4 Å². The molecule has 3 aliphatic heterocycles. The van der Waals surface area contributed by atoms with Gasteiger partial charge in [0, 0.05) is 6.54 Å². The number of carbonyl (C=O) groups excluding carboxylic acids is 3. The lowest BCUT2D eigenvalue weighted by Gasteiger charge is -2.38. The van der Waals surface area contributed by atoms with Crippen molar-refractivity contribution in [2.45, 2.75) is 90.0 Å². The number of likely N-dealkylation sites (tertiary alicyclic amines) is 1. The predicted molar refractivity (Wildman–Crippen MR) is 142 cm³/mol. The van der Waals surface area contributed by atoms with Gasteiger partial charge in [0.1, 0.15) is 11.6 Å². The highest BCUT2D eigenvalue weighted by Gasteiger charge is 2.79. The van der Waals surface area contributed by atoms with E-state index >= 15 is 0 Å². The molecule has 2 bridgehead atoms. The van der Waals surface area contributed by atoms with Gasteiger partial charge < -0.3 is 25.4 Å². The average molecular weight is 534 g/mol. The largest absolute Gasteiger partial charge is 0.394 e. The minimum atomic E-state index is -1.15. The molecule has 204 valence electrons. The number of aliphatic hydroxyl groups is 1. The molecular weight excluding hydrogens is 494 g/mol. The van der Waals surface area contributed by atoms with Crippen molar-refractivity contribution < 1.29 is 24.2 Å². The van der Waals surface area contributed by atoms with E-state index in [-0.39, 0.29) is 24.3 Å². The Morgan fingerprint density at radius 2 is 1.97 bits per heavy atom. The highest BCUT2D eigenvalue weighted by Crippen LogP contribution is 2.64. The number of hydrogen-bond donors (Lipinski definition) is 3. The fourth-order valence-electron chi connectivity index (χ4n) is 6.91. The fraction of sp³-hybridized carbons (Fsp3) is 0.679. The normalized spacial score (nSPS) is 31.1. The number of amides is 3. The number of anilines is 1. The van der Waals surface area contributed by atoms with Crippen LogP contribution in [-0.4, -0.2) is 64.2 Å². The third-order valence-corrected chi connectivity index (χ3v) is 8.83. The first kappa shape index (κ1) is 27.9. The van der Waals surface area contributed by atoms with E-state index in [0.29, 0.717) is 42.9 Å². The summed E-state index contributed by atoms with van der Waals surface area (Å²) < 4.78 is 6.77. The van der Waals surface area contributed by atoms with Crippen LogP contribution in [0, 0.1) is 24.7 Å². The van der Waals surface area contributed by atoms with E-state index in [1.165, 1.54) is 4.90 Å². The number of hydrogen-bond acceptors (Lipinski definition) is 5. The molecule has 3 aliphatic rings. The number of aliphatic hydroxyl groups excluding tert-OH is 1. The number of benzene rings is 1. The summed E-state index contributed by atoms with van der Waals surface area (Å²) in [6, 6.07) is 3.80. The molecule has 3 heterocycles. The molecular formula is C28H40ClN3O5. The molecule has 0 saturated carbocycles. The third-order valence-electron chi connectivity index (χ3n) is 8.52. The van der Waals surface area contributed by atoms with Crippen LogP contribution in [0.4, 0.5) is 5.69 Å². The van der Waals surface area contributed by atoms with Crippen molar-refractivity contribution in [1.82, 2.24) is 10.2 Å². The van der Waals surface area contributed by atoms with Crippen molar-refractivity contribution in [3.63, 3.8) is 0 Å². The molecule has 0 aromatic heterocycles. The first-order chi connectivity index (χ1) is 17.6. The number of nitrogens with zero attached hydrogens (tertiary/aromatic N) is 1. The maximum absolute atomic E-state index is 14.3. The van der Waals surface area contributed by atoms with E-state index < -0.39 is 41.0 Å². The predicted octanol–water partition coefficient (Wildman–Crippen LogP) is 3.67. The number of aryl methyl sites for hydroxylation is 1. The van der Waals surface area contributed by atoms with Crippen LogP contribution in [0.25, 0.3) is 0 Å². The van der Waals surface area contributed by atoms with Gasteiger partial charge in [-0.1, -0.05) is 51.4 Å². The minimum absolute atomic E-state index is 0.181. The SMILES string of the molecule is CCCNC(=O)[C@@H]1[C@H]2C(=O)N([C@@H](CO)CC(C)C)C(C(=O)Nc3c(C)cccc3Cl)C23CC[C@@]1(CC)O3. The lowest BCUT2D eigenvalue weighted by atomic mass is 9.65. The smallest absolute Gasteiger partial charge is 0.250 e. The zero-order chi connectivity index (χ0) is 27.1. The maximum atomic E-state index is 14.3. The second-order valence-corrected chi connectivity index (χ2v) is 11.7. The van der Waals surface area contributed by atoms with Crippen LogP contribution in [0.3, 0.4) is 0 Å². The van der Waals surface area contributed by atoms with Gasteiger partial charge in [0.05, 0.1) is 40.8 Å².